The molecule has 124 valence electrons. The third-order valence-electron chi connectivity index (χ3n) is 4.41. The van der Waals surface area contributed by atoms with Crippen LogP contribution in [0.2, 0.25) is 5.02 Å². The topological polar surface area (TPSA) is 63.5 Å². The fourth-order valence-electron chi connectivity index (χ4n) is 3.09. The molecule has 1 fully saturated rings. The molecule has 0 amide bonds. The normalized spacial score (nSPS) is 15.3. The zero-order valence-electron chi connectivity index (χ0n) is 13.0. The van der Waals surface area contributed by atoms with Gasteiger partial charge in [-0.15, -0.1) is 0 Å². The van der Waals surface area contributed by atoms with Gasteiger partial charge in [0.2, 0.25) is 0 Å². The van der Waals surface area contributed by atoms with E-state index >= 15 is 0 Å². The summed E-state index contributed by atoms with van der Waals surface area (Å²) in [4.78, 5) is 24.9. The van der Waals surface area contributed by atoms with E-state index in [0.717, 1.165) is 24.1 Å². The Balaban J connectivity index is 1.67. The molecule has 0 aromatic heterocycles. The third-order valence-corrected chi connectivity index (χ3v) is 4.71. The van der Waals surface area contributed by atoms with Crippen LogP contribution in [0.3, 0.4) is 0 Å². The Hall–Kier alpha value is -2.40. The number of nitrogens with zero attached hydrogens (tertiary/aromatic N) is 2. The molecule has 0 saturated carbocycles. The van der Waals surface area contributed by atoms with Crippen LogP contribution in [-0.4, -0.2) is 23.8 Å². The molecule has 0 bridgehead atoms. The quantitative estimate of drug-likeness (QED) is 0.470. The number of benzene rings is 2. The van der Waals surface area contributed by atoms with Gasteiger partial charge in [0.1, 0.15) is 0 Å². The van der Waals surface area contributed by atoms with Crippen molar-refractivity contribution >= 4 is 28.8 Å². The Morgan fingerprint density at radius 2 is 1.79 bits per heavy atom. The summed E-state index contributed by atoms with van der Waals surface area (Å²) in [6.45, 7) is 1.42. The fraction of sp³-hybridized carbons (Fsp3) is 0.278. The second kappa shape index (κ2) is 7.01. The van der Waals surface area contributed by atoms with E-state index in [1.807, 2.05) is 30.3 Å². The van der Waals surface area contributed by atoms with Crippen LogP contribution in [0.5, 0.6) is 0 Å². The van der Waals surface area contributed by atoms with E-state index in [9.17, 15) is 14.9 Å². The van der Waals surface area contributed by atoms with Crippen LogP contribution in [0, 0.1) is 16.0 Å². The van der Waals surface area contributed by atoms with Crippen molar-refractivity contribution in [1.29, 1.82) is 0 Å². The lowest BCUT2D eigenvalue weighted by molar-refractivity contribution is -0.384. The first-order valence-electron chi connectivity index (χ1n) is 7.84. The number of nitro benzene ring substituents is 1. The third kappa shape index (κ3) is 3.41. The molecular formula is C18H17ClN2O3. The Morgan fingerprint density at radius 1 is 1.12 bits per heavy atom. The highest BCUT2D eigenvalue weighted by molar-refractivity contribution is 6.33. The second-order valence-electron chi connectivity index (χ2n) is 5.88. The van der Waals surface area contributed by atoms with Crippen LogP contribution in [-0.2, 0) is 0 Å². The maximum absolute atomic E-state index is 12.5. The maximum atomic E-state index is 12.5. The first-order chi connectivity index (χ1) is 11.6. The van der Waals surface area contributed by atoms with Gasteiger partial charge in [0.05, 0.1) is 15.6 Å². The smallest absolute Gasteiger partial charge is 0.271 e. The lowest BCUT2D eigenvalue weighted by Gasteiger charge is -2.33. The molecule has 5 nitrogen and oxygen atoms in total. The largest absolute Gasteiger partial charge is 0.370 e. The lowest BCUT2D eigenvalue weighted by atomic mass is 9.88. The van der Waals surface area contributed by atoms with Crippen molar-refractivity contribution in [2.75, 3.05) is 18.0 Å². The van der Waals surface area contributed by atoms with Crippen molar-refractivity contribution in [3.63, 3.8) is 0 Å². The number of carbonyl (C=O) groups excluding carboxylic acids is 1. The molecule has 24 heavy (non-hydrogen) atoms. The monoisotopic (exact) mass is 344 g/mol. The van der Waals surface area contributed by atoms with Crippen molar-refractivity contribution in [3.8, 4) is 0 Å². The van der Waals surface area contributed by atoms with Crippen LogP contribution in [0.25, 0.3) is 0 Å². The van der Waals surface area contributed by atoms with Gasteiger partial charge in [-0.05, 0) is 18.9 Å². The zero-order valence-corrected chi connectivity index (χ0v) is 13.8. The summed E-state index contributed by atoms with van der Waals surface area (Å²) in [6, 6.07) is 13.9. The maximum Gasteiger partial charge on any atom is 0.271 e. The molecular weight excluding hydrogens is 328 g/mol. The molecule has 2 aromatic carbocycles. The van der Waals surface area contributed by atoms with E-state index in [4.69, 9.17) is 11.6 Å². The summed E-state index contributed by atoms with van der Waals surface area (Å²) in [5.41, 5.74) is 1.52. The van der Waals surface area contributed by atoms with Gasteiger partial charge < -0.3 is 4.90 Å². The van der Waals surface area contributed by atoms with E-state index in [1.165, 1.54) is 12.1 Å². The fourth-order valence-corrected chi connectivity index (χ4v) is 3.38. The molecule has 0 aliphatic carbocycles. The van der Waals surface area contributed by atoms with Crippen LogP contribution >= 0.6 is 11.6 Å². The highest BCUT2D eigenvalue weighted by Crippen LogP contribution is 2.33. The summed E-state index contributed by atoms with van der Waals surface area (Å²) >= 11 is 6.19. The molecule has 0 unspecified atom stereocenters. The molecule has 1 aliphatic heterocycles. The standard InChI is InChI=1S/C18H17ClN2O3/c19-16-12-15(21(23)24)6-7-17(16)20-10-8-14(9-11-20)18(22)13-4-2-1-3-5-13/h1-7,12,14H,8-11H2. The van der Waals surface area contributed by atoms with Crippen molar-refractivity contribution in [1.82, 2.24) is 0 Å². The van der Waals surface area contributed by atoms with Crippen molar-refractivity contribution in [2.45, 2.75) is 12.8 Å². The minimum absolute atomic E-state index is 0.0143. The molecule has 0 spiro atoms. The van der Waals surface area contributed by atoms with Gasteiger partial charge in [0.25, 0.3) is 5.69 Å². The van der Waals surface area contributed by atoms with Crippen molar-refractivity contribution in [3.05, 3.63) is 69.2 Å². The van der Waals surface area contributed by atoms with E-state index in [1.54, 1.807) is 6.07 Å². The van der Waals surface area contributed by atoms with Crippen LogP contribution in [0.1, 0.15) is 23.2 Å². The zero-order chi connectivity index (χ0) is 17.1. The van der Waals surface area contributed by atoms with Gasteiger partial charge in [-0.25, -0.2) is 0 Å². The van der Waals surface area contributed by atoms with Gasteiger partial charge in [-0.2, -0.15) is 0 Å². The summed E-state index contributed by atoms with van der Waals surface area (Å²) in [7, 11) is 0. The summed E-state index contributed by atoms with van der Waals surface area (Å²) in [6.07, 6.45) is 1.50. The number of Topliss-reactive ketones (excluding diaryl/α,β-unsaturated/α-hetero) is 1. The molecule has 3 rings (SSSR count). The molecule has 1 aliphatic rings. The van der Waals surface area contributed by atoms with E-state index in [0.29, 0.717) is 18.1 Å². The number of halogens is 1. The highest BCUT2D eigenvalue weighted by atomic mass is 35.5. The Morgan fingerprint density at radius 3 is 2.38 bits per heavy atom. The van der Waals surface area contributed by atoms with Gasteiger partial charge in [-0.1, -0.05) is 41.9 Å². The van der Waals surface area contributed by atoms with E-state index in [2.05, 4.69) is 4.90 Å². The van der Waals surface area contributed by atoms with E-state index < -0.39 is 4.92 Å². The molecule has 1 saturated heterocycles. The lowest BCUT2D eigenvalue weighted by Crippen LogP contribution is -2.36. The Bertz CT molecular complexity index is 756. The summed E-state index contributed by atoms with van der Waals surface area (Å²) in [5.74, 6) is 0.200. The number of carbonyl (C=O) groups is 1. The second-order valence-corrected chi connectivity index (χ2v) is 6.29. The van der Waals surface area contributed by atoms with Crippen molar-refractivity contribution < 1.29 is 9.72 Å². The Labute approximate surface area is 145 Å². The number of hydrogen-bond donors (Lipinski definition) is 0. The number of piperidine rings is 1. The molecule has 0 N–H and O–H groups in total. The molecule has 6 heteroatoms. The minimum Gasteiger partial charge on any atom is -0.370 e. The minimum atomic E-state index is -0.458. The van der Waals surface area contributed by atoms with Gasteiger partial charge in [-0.3, -0.25) is 14.9 Å². The predicted octanol–water partition coefficient (Wildman–Crippen LogP) is 4.35. The molecule has 0 atom stereocenters. The number of nitro groups is 1. The van der Waals surface area contributed by atoms with Crippen molar-refractivity contribution in [2.24, 2.45) is 5.92 Å². The van der Waals surface area contributed by atoms with E-state index in [-0.39, 0.29) is 17.4 Å². The number of ketones is 1. The highest BCUT2D eigenvalue weighted by Gasteiger charge is 2.27. The first kappa shape index (κ1) is 16.5. The summed E-state index contributed by atoms with van der Waals surface area (Å²) in [5, 5.41) is 11.2. The van der Waals surface area contributed by atoms with Crippen LogP contribution < -0.4 is 4.90 Å². The van der Waals surface area contributed by atoms with Gasteiger partial charge >= 0.3 is 0 Å². The SMILES string of the molecule is O=C(c1ccccc1)C1CCN(c2ccc([N+](=O)[O-])cc2Cl)CC1. The number of rotatable bonds is 4. The molecule has 0 radical (unpaired) electrons. The first-order valence-corrected chi connectivity index (χ1v) is 8.22. The number of non-ortho nitro benzene ring substituents is 1. The number of anilines is 1. The predicted molar refractivity (Wildman–Crippen MR) is 93.8 cm³/mol. The van der Waals surface area contributed by atoms with Gasteiger partial charge in [0, 0.05) is 36.7 Å². The van der Waals surface area contributed by atoms with Crippen LogP contribution in [0.15, 0.2) is 48.5 Å². The average molecular weight is 345 g/mol. The van der Waals surface area contributed by atoms with Crippen LogP contribution in [0.4, 0.5) is 11.4 Å². The molecule has 1 heterocycles. The summed E-state index contributed by atoms with van der Waals surface area (Å²) < 4.78 is 0. The Kier molecular flexibility index (Phi) is 4.81. The number of hydrogen-bond acceptors (Lipinski definition) is 4. The van der Waals surface area contributed by atoms with Gasteiger partial charge in [0.15, 0.2) is 5.78 Å². The average Bonchev–Trinajstić information content (AvgIpc) is 2.62. The molecule has 2 aromatic rings.